The van der Waals surface area contributed by atoms with Crippen molar-refractivity contribution in [1.82, 2.24) is 10.3 Å². The van der Waals surface area contributed by atoms with Crippen molar-refractivity contribution in [3.05, 3.63) is 69.1 Å². The molecule has 128 valence electrons. The van der Waals surface area contributed by atoms with Gasteiger partial charge in [-0.15, -0.1) is 0 Å². The molecule has 1 fully saturated rings. The maximum atomic E-state index is 12.7. The number of aryl methyl sites for hydroxylation is 1. The van der Waals surface area contributed by atoms with E-state index in [-0.39, 0.29) is 16.9 Å². The Hall–Kier alpha value is -2.69. The Bertz CT molecular complexity index is 895. The maximum Gasteiger partial charge on any atom is 0.261 e. The van der Waals surface area contributed by atoms with E-state index in [4.69, 9.17) is 0 Å². The molecule has 2 aliphatic carbocycles. The molecule has 1 saturated carbocycles. The van der Waals surface area contributed by atoms with Gasteiger partial charge in [0.25, 0.3) is 11.5 Å². The van der Waals surface area contributed by atoms with Gasteiger partial charge in [-0.3, -0.25) is 14.4 Å². The number of amides is 1. The lowest BCUT2D eigenvalue weighted by molar-refractivity contribution is 0.0930. The van der Waals surface area contributed by atoms with Gasteiger partial charge in [-0.2, -0.15) is 0 Å². The summed E-state index contributed by atoms with van der Waals surface area (Å²) in [6.45, 7) is 0. The zero-order valence-electron chi connectivity index (χ0n) is 13.9. The van der Waals surface area contributed by atoms with Crippen molar-refractivity contribution in [1.29, 1.82) is 0 Å². The van der Waals surface area contributed by atoms with Gasteiger partial charge >= 0.3 is 0 Å². The zero-order chi connectivity index (χ0) is 17.4. The van der Waals surface area contributed by atoms with Gasteiger partial charge in [0.05, 0.1) is 0 Å². The number of hydrogen-bond acceptors (Lipinski definition) is 3. The van der Waals surface area contributed by atoms with E-state index in [0.29, 0.717) is 24.1 Å². The van der Waals surface area contributed by atoms with Gasteiger partial charge in [-0.25, -0.2) is 0 Å². The minimum atomic E-state index is -0.415. The van der Waals surface area contributed by atoms with E-state index in [1.54, 1.807) is 0 Å². The van der Waals surface area contributed by atoms with Crippen LogP contribution in [0.3, 0.4) is 0 Å². The second-order valence-corrected chi connectivity index (χ2v) is 7.08. The number of hydrogen-bond donors (Lipinski definition) is 2. The molecule has 0 radical (unpaired) electrons. The van der Waals surface area contributed by atoms with Crippen LogP contribution in [-0.4, -0.2) is 22.2 Å². The zero-order valence-corrected chi connectivity index (χ0v) is 13.9. The van der Waals surface area contributed by atoms with Crippen LogP contribution in [0.25, 0.3) is 0 Å². The Labute approximate surface area is 145 Å². The summed E-state index contributed by atoms with van der Waals surface area (Å²) < 4.78 is 0. The second-order valence-electron chi connectivity index (χ2n) is 7.08. The molecule has 1 heterocycles. The molecule has 0 bridgehead atoms. The van der Waals surface area contributed by atoms with E-state index >= 15 is 0 Å². The van der Waals surface area contributed by atoms with Crippen molar-refractivity contribution in [3.8, 4) is 0 Å². The lowest BCUT2D eigenvalue weighted by Crippen LogP contribution is -2.41. The third-order valence-electron chi connectivity index (χ3n) is 5.12. The van der Waals surface area contributed by atoms with Gasteiger partial charge in [0.15, 0.2) is 5.78 Å². The minimum absolute atomic E-state index is 0.00280. The van der Waals surface area contributed by atoms with Crippen molar-refractivity contribution in [2.75, 3.05) is 0 Å². The summed E-state index contributed by atoms with van der Waals surface area (Å²) in [5, 5.41) is 3.02. The molecule has 1 amide bonds. The van der Waals surface area contributed by atoms with Crippen molar-refractivity contribution in [2.24, 2.45) is 0 Å². The molecule has 25 heavy (non-hydrogen) atoms. The standard InChI is InChI=1S/C20H20N2O3/c23-17-8-4-7-16-14(17)11-15(18(24)21-16)19(25)22-20(9-10-20)12-13-5-2-1-3-6-13/h1-3,5-6,11H,4,7-10,12H2,(H,21,24)(H,22,25). The highest BCUT2D eigenvalue weighted by Crippen LogP contribution is 2.38. The SMILES string of the molecule is O=C1CCCc2[nH]c(=O)c(C(=O)NC3(Cc4ccccc4)CC3)cc21. The van der Waals surface area contributed by atoms with E-state index < -0.39 is 11.5 Å². The van der Waals surface area contributed by atoms with Gasteiger partial charge in [0.2, 0.25) is 0 Å². The Kier molecular flexibility index (Phi) is 3.79. The molecule has 2 aliphatic rings. The summed E-state index contributed by atoms with van der Waals surface area (Å²) in [6, 6.07) is 11.5. The highest BCUT2D eigenvalue weighted by Gasteiger charge is 2.44. The molecule has 2 aromatic rings. The van der Waals surface area contributed by atoms with Crippen LogP contribution in [-0.2, 0) is 12.8 Å². The number of aromatic amines is 1. The quantitative estimate of drug-likeness (QED) is 0.900. The molecular weight excluding hydrogens is 316 g/mol. The minimum Gasteiger partial charge on any atom is -0.346 e. The molecule has 4 rings (SSSR count). The predicted molar refractivity (Wildman–Crippen MR) is 93.9 cm³/mol. The molecule has 5 nitrogen and oxygen atoms in total. The van der Waals surface area contributed by atoms with Crippen LogP contribution in [0.15, 0.2) is 41.2 Å². The van der Waals surface area contributed by atoms with Crippen LogP contribution >= 0.6 is 0 Å². The molecule has 1 aromatic heterocycles. The highest BCUT2D eigenvalue weighted by molar-refractivity contribution is 6.01. The molecule has 1 aromatic carbocycles. The Morgan fingerprint density at radius 3 is 2.60 bits per heavy atom. The summed E-state index contributed by atoms with van der Waals surface area (Å²) in [5.41, 5.74) is 1.65. The average molecular weight is 336 g/mol. The van der Waals surface area contributed by atoms with Gasteiger partial charge in [-0.05, 0) is 43.7 Å². The van der Waals surface area contributed by atoms with Crippen LogP contribution in [0.1, 0.15) is 57.7 Å². The fraction of sp³-hybridized carbons (Fsp3) is 0.350. The molecule has 5 heteroatoms. The lowest BCUT2D eigenvalue weighted by Gasteiger charge is -2.19. The Morgan fingerprint density at radius 1 is 1.12 bits per heavy atom. The van der Waals surface area contributed by atoms with Crippen LogP contribution in [0, 0.1) is 0 Å². The van der Waals surface area contributed by atoms with E-state index in [1.807, 2.05) is 30.3 Å². The number of pyridine rings is 1. The number of nitrogens with one attached hydrogen (secondary N) is 2. The van der Waals surface area contributed by atoms with Crippen LogP contribution in [0.5, 0.6) is 0 Å². The number of ketones is 1. The summed E-state index contributed by atoms with van der Waals surface area (Å²) in [6.07, 6.45) is 4.44. The highest BCUT2D eigenvalue weighted by atomic mass is 16.2. The number of carbonyl (C=O) groups is 2. The maximum absolute atomic E-state index is 12.7. The molecular formula is C20H20N2O3. The number of aromatic nitrogens is 1. The van der Waals surface area contributed by atoms with Crippen LogP contribution < -0.4 is 10.9 Å². The molecule has 0 saturated heterocycles. The van der Waals surface area contributed by atoms with E-state index in [9.17, 15) is 14.4 Å². The largest absolute Gasteiger partial charge is 0.346 e. The smallest absolute Gasteiger partial charge is 0.261 e. The van der Waals surface area contributed by atoms with E-state index in [0.717, 1.165) is 31.2 Å². The van der Waals surface area contributed by atoms with E-state index in [2.05, 4.69) is 10.3 Å². The predicted octanol–water partition coefficient (Wildman–Crippen LogP) is 2.40. The van der Waals surface area contributed by atoms with Crippen molar-refractivity contribution < 1.29 is 9.59 Å². The summed E-state index contributed by atoms with van der Waals surface area (Å²) in [5.74, 6) is -0.396. The molecule has 0 atom stereocenters. The van der Waals surface area contributed by atoms with Crippen molar-refractivity contribution in [3.63, 3.8) is 0 Å². The first kappa shape index (κ1) is 15.8. The number of rotatable bonds is 4. The van der Waals surface area contributed by atoms with Crippen molar-refractivity contribution in [2.45, 2.75) is 44.1 Å². The number of Topliss-reactive ketones (excluding diaryl/α,β-unsaturated/α-hetero) is 1. The number of carbonyl (C=O) groups excluding carboxylic acids is 2. The monoisotopic (exact) mass is 336 g/mol. The summed E-state index contributed by atoms with van der Waals surface area (Å²) in [4.78, 5) is 39.7. The topological polar surface area (TPSA) is 79.0 Å². The molecule has 2 N–H and O–H groups in total. The van der Waals surface area contributed by atoms with Crippen LogP contribution in [0.2, 0.25) is 0 Å². The number of H-pyrrole nitrogens is 1. The van der Waals surface area contributed by atoms with E-state index in [1.165, 1.54) is 6.07 Å². The summed E-state index contributed by atoms with van der Waals surface area (Å²) >= 11 is 0. The normalized spacial score (nSPS) is 17.7. The third-order valence-corrected chi connectivity index (χ3v) is 5.12. The fourth-order valence-corrected chi connectivity index (χ4v) is 3.54. The van der Waals surface area contributed by atoms with Gasteiger partial charge in [-0.1, -0.05) is 30.3 Å². The van der Waals surface area contributed by atoms with Crippen LogP contribution in [0.4, 0.5) is 0 Å². The molecule has 0 unspecified atom stereocenters. The number of fused-ring (bicyclic) bond motifs is 1. The fourth-order valence-electron chi connectivity index (χ4n) is 3.54. The molecule has 0 aliphatic heterocycles. The second kappa shape index (κ2) is 5.99. The first-order valence-corrected chi connectivity index (χ1v) is 8.72. The first-order chi connectivity index (χ1) is 12.1. The average Bonchev–Trinajstić information content (AvgIpc) is 3.34. The summed E-state index contributed by atoms with van der Waals surface area (Å²) in [7, 11) is 0. The van der Waals surface area contributed by atoms with Gasteiger partial charge in [0, 0.05) is 23.2 Å². The Morgan fingerprint density at radius 2 is 1.88 bits per heavy atom. The number of benzene rings is 1. The molecule has 0 spiro atoms. The van der Waals surface area contributed by atoms with Crippen molar-refractivity contribution >= 4 is 11.7 Å². The van der Waals surface area contributed by atoms with Gasteiger partial charge < -0.3 is 10.3 Å². The third kappa shape index (κ3) is 3.14. The first-order valence-electron chi connectivity index (χ1n) is 8.72. The lowest BCUT2D eigenvalue weighted by atomic mass is 9.93. The van der Waals surface area contributed by atoms with Gasteiger partial charge in [0.1, 0.15) is 5.56 Å². The Balaban J connectivity index is 1.56.